The Hall–Kier alpha value is -3.23. The molecule has 1 fully saturated rings. The summed E-state index contributed by atoms with van der Waals surface area (Å²) in [5.74, 6) is 1.33. The summed E-state index contributed by atoms with van der Waals surface area (Å²) in [7, 11) is 3.43. The smallest absolute Gasteiger partial charge is 0.225 e. The van der Waals surface area contributed by atoms with Crippen molar-refractivity contribution in [2.45, 2.75) is 37.5 Å². The minimum atomic E-state index is -0.854. The van der Waals surface area contributed by atoms with Crippen LogP contribution in [0, 0.1) is 5.92 Å². The van der Waals surface area contributed by atoms with E-state index in [1.165, 1.54) is 11.9 Å². The first-order valence-electron chi connectivity index (χ1n) is 10.9. The van der Waals surface area contributed by atoms with Crippen molar-refractivity contribution in [1.82, 2.24) is 19.5 Å². The number of aliphatic hydroxyl groups is 2. The van der Waals surface area contributed by atoms with Crippen LogP contribution in [0.1, 0.15) is 24.4 Å². The maximum Gasteiger partial charge on any atom is 0.225 e. The molecule has 166 valence electrons. The quantitative estimate of drug-likeness (QED) is 0.429. The van der Waals surface area contributed by atoms with Gasteiger partial charge in [0.25, 0.3) is 0 Å². The summed E-state index contributed by atoms with van der Waals surface area (Å²) in [6.07, 6.45) is 3.98. The molecule has 0 amide bonds. The van der Waals surface area contributed by atoms with Crippen molar-refractivity contribution in [2.75, 3.05) is 19.5 Å². The van der Waals surface area contributed by atoms with Crippen molar-refractivity contribution >= 4 is 27.8 Å². The van der Waals surface area contributed by atoms with Gasteiger partial charge in [-0.1, -0.05) is 12.1 Å². The zero-order valence-electron chi connectivity index (χ0n) is 18.1. The van der Waals surface area contributed by atoms with Gasteiger partial charge in [-0.3, -0.25) is 0 Å². The molecule has 0 spiro atoms. The maximum absolute atomic E-state index is 10.8. The van der Waals surface area contributed by atoms with Crippen LogP contribution in [-0.4, -0.2) is 56.1 Å². The Labute approximate surface area is 185 Å². The van der Waals surface area contributed by atoms with Crippen molar-refractivity contribution in [3.63, 3.8) is 0 Å². The summed E-state index contributed by atoms with van der Waals surface area (Å²) in [6, 6.07) is 12.0. The van der Waals surface area contributed by atoms with Crippen LogP contribution in [0.15, 0.2) is 48.9 Å². The van der Waals surface area contributed by atoms with E-state index in [9.17, 15) is 10.2 Å². The average molecular weight is 434 g/mol. The van der Waals surface area contributed by atoms with Crippen LogP contribution < -0.4 is 10.1 Å². The van der Waals surface area contributed by atoms with Crippen LogP contribution in [0.2, 0.25) is 0 Å². The topological polar surface area (TPSA) is 105 Å². The normalized spacial score (nSPS) is 23.1. The number of anilines is 1. The fraction of sp³-hybridized carbons (Fsp3) is 0.375. The van der Waals surface area contributed by atoms with E-state index in [4.69, 9.17) is 4.74 Å². The van der Waals surface area contributed by atoms with E-state index in [1.54, 1.807) is 7.11 Å². The molecule has 0 unspecified atom stereocenters. The summed E-state index contributed by atoms with van der Waals surface area (Å²) in [6.45, 7) is 0. The molecule has 4 aromatic rings. The molecule has 3 aromatic heterocycles. The van der Waals surface area contributed by atoms with Crippen LogP contribution in [0.25, 0.3) is 21.9 Å². The second kappa shape index (κ2) is 8.37. The van der Waals surface area contributed by atoms with Gasteiger partial charge in [-0.05, 0) is 55.0 Å². The molecule has 0 bridgehead atoms. The number of aryl methyl sites for hydroxylation is 1. The minimum Gasteiger partial charge on any atom is -0.480 e. The highest BCUT2D eigenvalue weighted by molar-refractivity contribution is 5.82. The van der Waals surface area contributed by atoms with Gasteiger partial charge in [0.15, 0.2) is 0 Å². The Bertz CT molecular complexity index is 1260. The van der Waals surface area contributed by atoms with Gasteiger partial charge in [-0.25, -0.2) is 15.0 Å². The lowest BCUT2D eigenvalue weighted by molar-refractivity contribution is 0.00545. The first kappa shape index (κ1) is 20.7. The Morgan fingerprint density at radius 2 is 1.97 bits per heavy atom. The predicted octanol–water partition coefficient (Wildman–Crippen LogP) is 2.95. The van der Waals surface area contributed by atoms with Crippen LogP contribution in [-0.2, 0) is 6.42 Å². The Kier molecular flexibility index (Phi) is 5.40. The number of methoxy groups -OCH3 is 1. The number of nitrogens with zero attached hydrogens (tertiary/aromatic N) is 4. The molecule has 32 heavy (non-hydrogen) atoms. The van der Waals surface area contributed by atoms with Gasteiger partial charge >= 0.3 is 0 Å². The lowest BCUT2D eigenvalue weighted by Crippen LogP contribution is -2.29. The van der Waals surface area contributed by atoms with E-state index in [2.05, 4.69) is 44.5 Å². The molecule has 0 aliphatic heterocycles. The minimum absolute atomic E-state index is 0.0107. The number of pyridine rings is 1. The van der Waals surface area contributed by atoms with Gasteiger partial charge in [0.1, 0.15) is 23.9 Å². The number of ether oxygens (including phenoxy) is 1. The number of hydrogen-bond acceptors (Lipinski definition) is 7. The molecule has 1 aliphatic rings. The lowest BCUT2D eigenvalue weighted by Gasteiger charge is -2.19. The number of rotatable bonds is 6. The Balaban J connectivity index is 1.33. The van der Waals surface area contributed by atoms with E-state index in [0.717, 1.165) is 34.9 Å². The van der Waals surface area contributed by atoms with E-state index >= 15 is 0 Å². The van der Waals surface area contributed by atoms with Gasteiger partial charge in [0, 0.05) is 18.6 Å². The van der Waals surface area contributed by atoms with Gasteiger partial charge in [0.2, 0.25) is 5.88 Å². The molecule has 1 saturated carbocycles. The average Bonchev–Trinajstić information content (AvgIpc) is 3.38. The van der Waals surface area contributed by atoms with E-state index in [-0.39, 0.29) is 12.0 Å². The fourth-order valence-corrected chi connectivity index (χ4v) is 4.85. The number of aromatic nitrogens is 4. The summed E-state index contributed by atoms with van der Waals surface area (Å²) in [5, 5.41) is 26.6. The maximum atomic E-state index is 10.8. The highest BCUT2D eigenvalue weighted by Crippen LogP contribution is 2.40. The summed E-state index contributed by atoms with van der Waals surface area (Å²) < 4.78 is 7.26. The lowest BCUT2D eigenvalue weighted by atomic mass is 9.95. The molecule has 5 rings (SSSR count). The number of nitrogens with one attached hydrogen (secondary N) is 1. The van der Waals surface area contributed by atoms with Crippen molar-refractivity contribution < 1.29 is 14.9 Å². The Morgan fingerprint density at radius 3 is 2.78 bits per heavy atom. The van der Waals surface area contributed by atoms with E-state index in [0.29, 0.717) is 17.9 Å². The van der Waals surface area contributed by atoms with Crippen LogP contribution >= 0.6 is 0 Å². The third-order valence-electron chi connectivity index (χ3n) is 6.61. The highest BCUT2D eigenvalue weighted by Gasteiger charge is 2.42. The Morgan fingerprint density at radius 1 is 1.12 bits per heavy atom. The number of aliphatic hydroxyl groups excluding tert-OH is 2. The zero-order chi connectivity index (χ0) is 22.2. The molecule has 8 heteroatoms. The molecule has 3 heterocycles. The van der Waals surface area contributed by atoms with Crippen molar-refractivity contribution in [3.05, 3.63) is 54.5 Å². The van der Waals surface area contributed by atoms with Crippen molar-refractivity contribution in [2.24, 2.45) is 5.92 Å². The monoisotopic (exact) mass is 433 g/mol. The second-order valence-electron chi connectivity index (χ2n) is 8.40. The molecule has 1 aromatic carbocycles. The van der Waals surface area contributed by atoms with Crippen molar-refractivity contribution in [1.29, 1.82) is 0 Å². The third-order valence-corrected chi connectivity index (χ3v) is 6.61. The zero-order valence-corrected chi connectivity index (χ0v) is 18.1. The molecular weight excluding hydrogens is 406 g/mol. The van der Waals surface area contributed by atoms with Gasteiger partial charge in [-0.2, -0.15) is 0 Å². The van der Waals surface area contributed by atoms with Gasteiger partial charge < -0.3 is 24.8 Å². The molecule has 0 radical (unpaired) electrons. The predicted molar refractivity (Wildman–Crippen MR) is 123 cm³/mol. The first-order chi connectivity index (χ1) is 15.6. The molecular formula is C24H27N5O3. The molecule has 0 saturated heterocycles. The number of hydrogen-bond donors (Lipinski definition) is 3. The second-order valence-corrected chi connectivity index (χ2v) is 8.40. The third kappa shape index (κ3) is 3.55. The molecule has 3 N–H and O–H groups in total. The number of benzene rings is 1. The van der Waals surface area contributed by atoms with Crippen molar-refractivity contribution in [3.8, 4) is 5.88 Å². The SMILES string of the molecule is CNc1ccc2ccc(CC[C@H]3C[C@@H](n4ccc5c(OC)ncnc54)[C@H](O)[C@@H]3O)cc2n1. The first-order valence-corrected chi connectivity index (χ1v) is 10.9. The fourth-order valence-electron chi connectivity index (χ4n) is 4.85. The largest absolute Gasteiger partial charge is 0.480 e. The summed E-state index contributed by atoms with van der Waals surface area (Å²) >= 11 is 0. The van der Waals surface area contributed by atoms with E-state index < -0.39 is 12.2 Å². The molecule has 8 nitrogen and oxygen atoms in total. The molecule has 1 aliphatic carbocycles. The summed E-state index contributed by atoms with van der Waals surface area (Å²) in [4.78, 5) is 13.1. The van der Waals surface area contributed by atoms with Crippen LogP contribution in [0.3, 0.4) is 0 Å². The number of fused-ring (bicyclic) bond motifs is 2. The standard InChI is InChI=1S/C24H27N5O3/c1-25-20-8-7-15-5-3-14(11-18(15)28-20)4-6-16-12-19(22(31)21(16)30)29-10-9-17-23(29)26-13-27-24(17)32-2/h3,5,7-11,13,16,19,21-22,30-31H,4,6,12H2,1-2H3,(H,25,28)/t16-,19+,21+,22-/m0/s1. The van der Waals surface area contributed by atoms with Gasteiger partial charge in [0.05, 0.1) is 30.2 Å². The highest BCUT2D eigenvalue weighted by atomic mass is 16.5. The molecule has 4 atom stereocenters. The summed E-state index contributed by atoms with van der Waals surface area (Å²) in [5.41, 5.74) is 2.83. The van der Waals surface area contributed by atoms with Gasteiger partial charge in [-0.15, -0.1) is 0 Å². The van der Waals surface area contributed by atoms with Crippen LogP contribution in [0.4, 0.5) is 5.82 Å². The van der Waals surface area contributed by atoms with E-state index in [1.807, 2.05) is 29.9 Å². The van der Waals surface area contributed by atoms with Crippen LogP contribution in [0.5, 0.6) is 5.88 Å².